The number of ketones is 1. The standard InChI is InChI=1S/C21H32N10O/c1-12(32)13-2-4-18(5-3-13)26-19-27-20(30-8-14(22)6-15(23)9-30)29-21(28-19)31-10-16(24)7-17(25)11-31/h2-5,14-17H,6-11,22-25H2,1H3,(H,26,27,28,29). The number of rotatable bonds is 5. The van der Waals surface area contributed by atoms with Gasteiger partial charge in [-0.25, -0.2) is 0 Å². The smallest absolute Gasteiger partial charge is 0.233 e. The van der Waals surface area contributed by atoms with Gasteiger partial charge in [-0.15, -0.1) is 0 Å². The Bertz CT molecular complexity index is 888. The molecule has 0 radical (unpaired) electrons. The van der Waals surface area contributed by atoms with Gasteiger partial charge in [0.15, 0.2) is 5.78 Å². The first-order valence-corrected chi connectivity index (χ1v) is 10.9. The molecule has 1 aromatic heterocycles. The van der Waals surface area contributed by atoms with E-state index in [4.69, 9.17) is 27.9 Å². The van der Waals surface area contributed by atoms with Crippen molar-refractivity contribution in [3.63, 3.8) is 0 Å². The number of benzene rings is 1. The fourth-order valence-corrected chi connectivity index (χ4v) is 4.29. The van der Waals surface area contributed by atoms with Gasteiger partial charge in [0.2, 0.25) is 17.8 Å². The number of piperidine rings is 2. The molecule has 4 rings (SSSR count). The molecule has 2 saturated heterocycles. The lowest BCUT2D eigenvalue weighted by atomic mass is 10.0. The summed E-state index contributed by atoms with van der Waals surface area (Å²) in [5, 5.41) is 3.22. The van der Waals surface area contributed by atoms with Crippen molar-refractivity contribution in [3.8, 4) is 0 Å². The molecule has 0 saturated carbocycles. The van der Waals surface area contributed by atoms with E-state index in [1.165, 1.54) is 6.92 Å². The Morgan fingerprint density at radius 1 is 0.812 bits per heavy atom. The molecule has 0 aliphatic carbocycles. The third kappa shape index (κ3) is 5.30. The fraction of sp³-hybridized carbons (Fsp3) is 0.524. The summed E-state index contributed by atoms with van der Waals surface area (Å²) >= 11 is 0. The molecular weight excluding hydrogens is 408 g/mol. The molecule has 0 bridgehead atoms. The SMILES string of the molecule is CC(=O)c1ccc(Nc2nc(N3CC(N)CC(N)C3)nc(N3CC(N)CC(N)C3)n2)cc1. The average Bonchev–Trinajstić information content (AvgIpc) is 2.72. The highest BCUT2D eigenvalue weighted by Crippen LogP contribution is 2.24. The summed E-state index contributed by atoms with van der Waals surface area (Å²) in [7, 11) is 0. The Morgan fingerprint density at radius 3 is 1.66 bits per heavy atom. The van der Waals surface area contributed by atoms with Gasteiger partial charge in [0.25, 0.3) is 0 Å². The third-order valence-corrected chi connectivity index (χ3v) is 5.76. The maximum absolute atomic E-state index is 11.6. The molecule has 3 heterocycles. The van der Waals surface area contributed by atoms with Crippen molar-refractivity contribution in [2.45, 2.75) is 43.9 Å². The quantitative estimate of drug-likeness (QED) is 0.380. The van der Waals surface area contributed by atoms with E-state index < -0.39 is 0 Å². The molecule has 11 heteroatoms. The van der Waals surface area contributed by atoms with Crippen LogP contribution in [-0.2, 0) is 0 Å². The second kappa shape index (κ2) is 9.33. The highest BCUT2D eigenvalue weighted by molar-refractivity contribution is 5.94. The van der Waals surface area contributed by atoms with Crippen LogP contribution in [-0.4, -0.2) is 71.1 Å². The van der Waals surface area contributed by atoms with Gasteiger partial charge in [-0.1, -0.05) is 0 Å². The van der Waals surface area contributed by atoms with E-state index in [1.54, 1.807) is 12.1 Å². The minimum atomic E-state index is -0.0497. The Morgan fingerprint density at radius 2 is 1.25 bits per heavy atom. The maximum Gasteiger partial charge on any atom is 0.233 e. The summed E-state index contributed by atoms with van der Waals surface area (Å²) in [6, 6.07) is 6.96. The lowest BCUT2D eigenvalue weighted by Gasteiger charge is -2.37. The first kappa shape index (κ1) is 22.3. The number of anilines is 4. The van der Waals surface area contributed by atoms with Gasteiger partial charge in [0.05, 0.1) is 0 Å². The average molecular weight is 441 g/mol. The van der Waals surface area contributed by atoms with E-state index >= 15 is 0 Å². The molecule has 2 aromatic rings. The molecule has 0 spiro atoms. The number of hydrogen-bond acceptors (Lipinski definition) is 11. The van der Waals surface area contributed by atoms with Crippen molar-refractivity contribution < 1.29 is 4.79 Å². The van der Waals surface area contributed by atoms with Gasteiger partial charge < -0.3 is 38.1 Å². The molecule has 172 valence electrons. The van der Waals surface area contributed by atoms with Crippen molar-refractivity contribution in [2.24, 2.45) is 22.9 Å². The van der Waals surface area contributed by atoms with Crippen molar-refractivity contribution in [1.29, 1.82) is 0 Å². The summed E-state index contributed by atoms with van der Waals surface area (Å²) in [4.78, 5) is 29.5. The van der Waals surface area contributed by atoms with E-state index in [9.17, 15) is 4.79 Å². The Labute approximate surface area is 187 Å². The van der Waals surface area contributed by atoms with Gasteiger partial charge in [0, 0.05) is 61.6 Å². The Balaban J connectivity index is 1.65. The number of hydrogen-bond donors (Lipinski definition) is 5. The monoisotopic (exact) mass is 440 g/mol. The molecular formula is C21H32N10O. The van der Waals surface area contributed by atoms with Crippen LogP contribution in [0.3, 0.4) is 0 Å². The topological polar surface area (TPSA) is 178 Å². The minimum absolute atomic E-state index is 0.0110. The van der Waals surface area contributed by atoms with E-state index in [1.807, 2.05) is 21.9 Å². The molecule has 9 N–H and O–H groups in total. The van der Waals surface area contributed by atoms with Crippen LogP contribution in [0.1, 0.15) is 30.1 Å². The largest absolute Gasteiger partial charge is 0.338 e. The predicted molar refractivity (Wildman–Crippen MR) is 125 cm³/mol. The molecule has 0 amide bonds. The zero-order chi connectivity index (χ0) is 22.8. The normalized spacial score (nSPS) is 26.2. The zero-order valence-corrected chi connectivity index (χ0v) is 18.3. The maximum atomic E-state index is 11.6. The van der Waals surface area contributed by atoms with Crippen LogP contribution >= 0.6 is 0 Å². The summed E-state index contributed by atoms with van der Waals surface area (Å²) in [6.45, 7) is 3.99. The van der Waals surface area contributed by atoms with Crippen LogP contribution in [0.15, 0.2) is 24.3 Å². The molecule has 2 aliphatic rings. The second-order valence-electron chi connectivity index (χ2n) is 8.84. The van der Waals surface area contributed by atoms with Crippen molar-refractivity contribution in [3.05, 3.63) is 29.8 Å². The van der Waals surface area contributed by atoms with Crippen LogP contribution in [0.25, 0.3) is 0 Å². The molecule has 2 fully saturated rings. The van der Waals surface area contributed by atoms with Gasteiger partial charge in [-0.05, 0) is 44.0 Å². The number of Topliss-reactive ketones (excluding diaryl/α,β-unsaturated/α-hetero) is 1. The molecule has 11 nitrogen and oxygen atoms in total. The number of nitrogens with one attached hydrogen (secondary N) is 1. The van der Waals surface area contributed by atoms with E-state index in [0.717, 1.165) is 18.5 Å². The second-order valence-corrected chi connectivity index (χ2v) is 8.84. The summed E-state index contributed by atoms with van der Waals surface area (Å²) < 4.78 is 0. The van der Waals surface area contributed by atoms with Crippen molar-refractivity contribution in [1.82, 2.24) is 15.0 Å². The van der Waals surface area contributed by atoms with Crippen LogP contribution in [0.2, 0.25) is 0 Å². The van der Waals surface area contributed by atoms with Crippen LogP contribution in [0.4, 0.5) is 23.5 Å². The number of carbonyl (C=O) groups is 1. The van der Waals surface area contributed by atoms with Crippen LogP contribution in [0.5, 0.6) is 0 Å². The van der Waals surface area contributed by atoms with Gasteiger partial charge in [0.1, 0.15) is 0 Å². The van der Waals surface area contributed by atoms with Crippen LogP contribution < -0.4 is 38.1 Å². The first-order chi connectivity index (χ1) is 15.3. The van der Waals surface area contributed by atoms with Gasteiger partial charge >= 0.3 is 0 Å². The van der Waals surface area contributed by atoms with Gasteiger partial charge in [-0.2, -0.15) is 15.0 Å². The number of nitrogens with zero attached hydrogens (tertiary/aromatic N) is 5. The number of nitrogens with two attached hydrogens (primary N) is 4. The highest BCUT2D eigenvalue weighted by Gasteiger charge is 2.28. The lowest BCUT2D eigenvalue weighted by Crippen LogP contribution is -2.54. The minimum Gasteiger partial charge on any atom is -0.338 e. The van der Waals surface area contributed by atoms with Crippen molar-refractivity contribution in [2.75, 3.05) is 41.3 Å². The van der Waals surface area contributed by atoms with Gasteiger partial charge in [-0.3, -0.25) is 4.79 Å². The predicted octanol–water partition coefficient (Wildman–Crippen LogP) is -0.453. The van der Waals surface area contributed by atoms with E-state index in [0.29, 0.717) is 49.6 Å². The molecule has 32 heavy (non-hydrogen) atoms. The van der Waals surface area contributed by atoms with Crippen molar-refractivity contribution >= 4 is 29.3 Å². The van der Waals surface area contributed by atoms with E-state index in [2.05, 4.69) is 15.3 Å². The first-order valence-electron chi connectivity index (χ1n) is 10.9. The highest BCUT2D eigenvalue weighted by atomic mass is 16.1. The summed E-state index contributed by atoms with van der Waals surface area (Å²) in [5.41, 5.74) is 26.2. The summed E-state index contributed by atoms with van der Waals surface area (Å²) in [6.07, 6.45) is 1.52. The zero-order valence-electron chi connectivity index (χ0n) is 18.3. The Kier molecular flexibility index (Phi) is 6.51. The summed E-state index contributed by atoms with van der Waals surface area (Å²) in [5.74, 6) is 1.42. The molecule has 1 aromatic carbocycles. The number of carbonyl (C=O) groups excluding carboxylic acids is 1. The van der Waals surface area contributed by atoms with E-state index in [-0.39, 0.29) is 30.0 Å². The third-order valence-electron chi connectivity index (χ3n) is 5.76. The molecule has 2 aliphatic heterocycles. The lowest BCUT2D eigenvalue weighted by molar-refractivity contribution is 0.101. The molecule has 4 unspecified atom stereocenters. The molecule has 4 atom stereocenters. The fourth-order valence-electron chi connectivity index (χ4n) is 4.29. The van der Waals surface area contributed by atoms with Crippen LogP contribution in [0, 0.1) is 0 Å². The Hall–Kier alpha value is -2.86. The number of aromatic nitrogens is 3.